The summed E-state index contributed by atoms with van der Waals surface area (Å²) in [5.41, 5.74) is 3.28. The number of anilines is 2. The van der Waals surface area contributed by atoms with Gasteiger partial charge in [-0.05, 0) is 44.0 Å². The van der Waals surface area contributed by atoms with Crippen LogP contribution in [0.5, 0.6) is 11.5 Å². The number of rotatable bonds is 7. The Morgan fingerprint density at radius 2 is 1.76 bits per heavy atom. The fraction of sp³-hybridized carbons (Fsp3) is 0.304. The van der Waals surface area contributed by atoms with E-state index in [1.807, 2.05) is 37.3 Å². The van der Waals surface area contributed by atoms with E-state index in [0.29, 0.717) is 18.5 Å². The lowest BCUT2D eigenvalue weighted by molar-refractivity contribution is 0.174. The van der Waals surface area contributed by atoms with Gasteiger partial charge in [-0.2, -0.15) is 4.98 Å². The molecule has 0 atom stereocenters. The first-order valence-electron chi connectivity index (χ1n) is 9.87. The van der Waals surface area contributed by atoms with Gasteiger partial charge in [-0.3, -0.25) is 0 Å². The molecule has 3 aromatic rings. The molecule has 150 valence electrons. The molecule has 4 rings (SSSR count). The number of ether oxygens (including phenoxy) is 2. The zero-order valence-electron chi connectivity index (χ0n) is 17.1. The molecule has 1 aromatic heterocycles. The summed E-state index contributed by atoms with van der Waals surface area (Å²) in [5.74, 6) is 3.11. The molecule has 1 aliphatic heterocycles. The van der Waals surface area contributed by atoms with Gasteiger partial charge >= 0.3 is 0 Å². The fourth-order valence-electron chi connectivity index (χ4n) is 3.32. The molecule has 0 saturated carbocycles. The SMILES string of the molecule is Cc1cc(N(Cc2ccccc2)C(C)C)nc(NCc2ccc3c(c2)OCO3)n1. The van der Waals surface area contributed by atoms with Crippen molar-refractivity contribution in [3.63, 3.8) is 0 Å². The zero-order valence-corrected chi connectivity index (χ0v) is 17.1. The number of benzene rings is 2. The molecule has 0 unspecified atom stereocenters. The molecule has 1 aliphatic rings. The van der Waals surface area contributed by atoms with E-state index in [1.54, 1.807) is 0 Å². The van der Waals surface area contributed by atoms with E-state index >= 15 is 0 Å². The maximum atomic E-state index is 5.46. The second-order valence-electron chi connectivity index (χ2n) is 7.44. The van der Waals surface area contributed by atoms with E-state index in [9.17, 15) is 0 Å². The van der Waals surface area contributed by atoms with Crippen LogP contribution in [0.1, 0.15) is 30.7 Å². The Kier molecular flexibility index (Phi) is 5.51. The van der Waals surface area contributed by atoms with Crippen LogP contribution < -0.4 is 19.7 Å². The highest BCUT2D eigenvalue weighted by molar-refractivity contribution is 5.48. The van der Waals surface area contributed by atoms with Gasteiger partial charge in [0.05, 0.1) is 0 Å². The standard InChI is InChI=1S/C23H26N4O2/c1-16(2)27(14-18-7-5-4-6-8-18)22-11-17(3)25-23(26-22)24-13-19-9-10-20-21(12-19)29-15-28-20/h4-12,16H,13-15H2,1-3H3,(H,24,25,26). The second-order valence-corrected chi connectivity index (χ2v) is 7.44. The van der Waals surface area contributed by atoms with Crippen molar-refractivity contribution in [3.05, 3.63) is 71.4 Å². The molecule has 0 spiro atoms. The molecule has 0 bridgehead atoms. The minimum atomic E-state index is 0.281. The summed E-state index contributed by atoms with van der Waals surface area (Å²) >= 11 is 0. The third-order valence-corrected chi connectivity index (χ3v) is 4.84. The van der Waals surface area contributed by atoms with Crippen LogP contribution in [-0.2, 0) is 13.1 Å². The summed E-state index contributed by atoms with van der Waals surface area (Å²) in [4.78, 5) is 11.6. The largest absolute Gasteiger partial charge is 0.454 e. The molecule has 2 aromatic carbocycles. The maximum absolute atomic E-state index is 5.46. The molecule has 0 radical (unpaired) electrons. The van der Waals surface area contributed by atoms with Crippen LogP contribution in [0.2, 0.25) is 0 Å². The van der Waals surface area contributed by atoms with Crippen molar-refractivity contribution in [1.82, 2.24) is 9.97 Å². The fourth-order valence-corrected chi connectivity index (χ4v) is 3.32. The lowest BCUT2D eigenvalue weighted by atomic mass is 10.2. The van der Waals surface area contributed by atoms with Gasteiger partial charge in [-0.1, -0.05) is 36.4 Å². The Balaban J connectivity index is 1.51. The van der Waals surface area contributed by atoms with Crippen molar-refractivity contribution in [1.29, 1.82) is 0 Å². The average molecular weight is 390 g/mol. The Hall–Kier alpha value is -3.28. The molecular weight excluding hydrogens is 364 g/mol. The van der Waals surface area contributed by atoms with Crippen LogP contribution in [0.25, 0.3) is 0 Å². The highest BCUT2D eigenvalue weighted by Crippen LogP contribution is 2.32. The van der Waals surface area contributed by atoms with Crippen LogP contribution in [0.15, 0.2) is 54.6 Å². The van der Waals surface area contributed by atoms with Crippen LogP contribution in [-0.4, -0.2) is 22.8 Å². The van der Waals surface area contributed by atoms with Crippen molar-refractivity contribution in [2.45, 2.75) is 39.9 Å². The number of hydrogen-bond acceptors (Lipinski definition) is 6. The molecule has 0 saturated heterocycles. The first-order valence-corrected chi connectivity index (χ1v) is 9.87. The summed E-state index contributed by atoms with van der Waals surface area (Å²) in [6, 6.07) is 18.7. The molecule has 0 aliphatic carbocycles. The van der Waals surface area contributed by atoms with Crippen LogP contribution in [0.3, 0.4) is 0 Å². The van der Waals surface area contributed by atoms with Gasteiger partial charge in [-0.25, -0.2) is 4.98 Å². The van der Waals surface area contributed by atoms with E-state index in [2.05, 4.69) is 53.3 Å². The van der Waals surface area contributed by atoms with Crippen LogP contribution in [0, 0.1) is 6.92 Å². The van der Waals surface area contributed by atoms with Gasteiger partial charge in [0.25, 0.3) is 0 Å². The Labute approximate surface area is 171 Å². The highest BCUT2D eigenvalue weighted by Gasteiger charge is 2.16. The van der Waals surface area contributed by atoms with Crippen molar-refractivity contribution in [2.75, 3.05) is 17.0 Å². The third-order valence-electron chi connectivity index (χ3n) is 4.84. The highest BCUT2D eigenvalue weighted by atomic mass is 16.7. The predicted molar refractivity (Wildman–Crippen MR) is 114 cm³/mol. The van der Waals surface area contributed by atoms with Gasteiger partial charge in [0.2, 0.25) is 12.7 Å². The monoisotopic (exact) mass is 390 g/mol. The van der Waals surface area contributed by atoms with E-state index in [-0.39, 0.29) is 6.79 Å². The number of nitrogens with one attached hydrogen (secondary N) is 1. The molecule has 0 amide bonds. The number of hydrogen-bond donors (Lipinski definition) is 1. The maximum Gasteiger partial charge on any atom is 0.231 e. The Bertz CT molecular complexity index is 976. The quantitative estimate of drug-likeness (QED) is 0.639. The lowest BCUT2D eigenvalue weighted by Crippen LogP contribution is -2.31. The first kappa shape index (κ1) is 19.1. The zero-order chi connectivity index (χ0) is 20.2. The van der Waals surface area contributed by atoms with E-state index in [1.165, 1.54) is 5.56 Å². The topological polar surface area (TPSA) is 59.5 Å². The molecule has 2 heterocycles. The molecular formula is C23H26N4O2. The Morgan fingerprint density at radius 3 is 2.55 bits per heavy atom. The van der Waals surface area contributed by atoms with Gasteiger partial charge in [-0.15, -0.1) is 0 Å². The second kappa shape index (κ2) is 8.39. The lowest BCUT2D eigenvalue weighted by Gasteiger charge is -2.28. The van der Waals surface area contributed by atoms with Crippen LogP contribution >= 0.6 is 0 Å². The van der Waals surface area contributed by atoms with E-state index in [0.717, 1.165) is 35.1 Å². The van der Waals surface area contributed by atoms with E-state index < -0.39 is 0 Å². The molecule has 0 fully saturated rings. The Morgan fingerprint density at radius 1 is 0.966 bits per heavy atom. The summed E-state index contributed by atoms with van der Waals surface area (Å²) in [5, 5.41) is 3.35. The van der Waals surface area contributed by atoms with Crippen molar-refractivity contribution in [2.24, 2.45) is 0 Å². The summed E-state index contributed by atoms with van der Waals surface area (Å²) in [6.45, 7) is 8.05. The number of fused-ring (bicyclic) bond motifs is 1. The van der Waals surface area contributed by atoms with Crippen molar-refractivity contribution < 1.29 is 9.47 Å². The van der Waals surface area contributed by atoms with Gasteiger partial charge in [0, 0.05) is 30.9 Å². The third kappa shape index (κ3) is 4.59. The van der Waals surface area contributed by atoms with Crippen molar-refractivity contribution in [3.8, 4) is 11.5 Å². The number of aromatic nitrogens is 2. The minimum Gasteiger partial charge on any atom is -0.454 e. The number of nitrogens with zero attached hydrogens (tertiary/aromatic N) is 3. The van der Waals surface area contributed by atoms with E-state index in [4.69, 9.17) is 14.5 Å². The molecule has 29 heavy (non-hydrogen) atoms. The van der Waals surface area contributed by atoms with Gasteiger partial charge in [0.15, 0.2) is 11.5 Å². The summed E-state index contributed by atoms with van der Waals surface area (Å²) in [6.07, 6.45) is 0. The molecule has 1 N–H and O–H groups in total. The van der Waals surface area contributed by atoms with Gasteiger partial charge in [0.1, 0.15) is 5.82 Å². The smallest absolute Gasteiger partial charge is 0.231 e. The summed E-state index contributed by atoms with van der Waals surface area (Å²) < 4.78 is 10.8. The van der Waals surface area contributed by atoms with Crippen molar-refractivity contribution >= 4 is 11.8 Å². The van der Waals surface area contributed by atoms with Gasteiger partial charge < -0.3 is 19.7 Å². The normalized spacial score (nSPS) is 12.3. The average Bonchev–Trinajstić information content (AvgIpc) is 3.18. The van der Waals surface area contributed by atoms with Crippen LogP contribution in [0.4, 0.5) is 11.8 Å². The molecule has 6 nitrogen and oxygen atoms in total. The molecule has 6 heteroatoms. The first-order chi connectivity index (χ1) is 14.1. The predicted octanol–water partition coefficient (Wildman–Crippen LogP) is 4.54. The minimum absolute atomic E-state index is 0.281. The summed E-state index contributed by atoms with van der Waals surface area (Å²) in [7, 11) is 0. The number of aryl methyl sites for hydroxylation is 1.